The Bertz CT molecular complexity index is 1060. The number of nitrogens with zero attached hydrogens (tertiary/aromatic N) is 3. The van der Waals surface area contributed by atoms with Gasteiger partial charge in [-0.3, -0.25) is 0 Å². The van der Waals surface area contributed by atoms with E-state index in [0.29, 0.717) is 5.69 Å². The van der Waals surface area contributed by atoms with E-state index in [1.165, 1.54) is 4.57 Å². The molecule has 0 radical (unpaired) electrons. The first-order chi connectivity index (χ1) is 12.0. The molecule has 0 amide bonds. The zero-order valence-corrected chi connectivity index (χ0v) is 15.6. The minimum Gasteiger partial charge on any atom is -0.245 e. The van der Waals surface area contributed by atoms with Crippen LogP contribution in [0, 0.1) is 5.82 Å². The monoisotopic (exact) mass is 439 g/mol. The smallest absolute Gasteiger partial charge is 0.245 e. The van der Waals surface area contributed by atoms with Crippen molar-refractivity contribution in [3.8, 4) is 5.69 Å². The largest absolute Gasteiger partial charge is 0.355 e. The maximum atomic E-state index is 13.7. The molecule has 0 N–H and O–H groups in total. The summed E-state index contributed by atoms with van der Waals surface area (Å²) < 4.78 is 15.8. The highest BCUT2D eigenvalue weighted by atomic mass is 79.9. The summed E-state index contributed by atoms with van der Waals surface area (Å²) in [5.74, 6) is -0.739. The lowest BCUT2D eigenvalue weighted by atomic mass is 10.3. The molecule has 0 bridgehead atoms. The Labute approximate surface area is 160 Å². The van der Waals surface area contributed by atoms with Crippen LogP contribution in [-0.2, 0) is 0 Å². The first-order valence-corrected chi connectivity index (χ1v) is 8.56. The van der Waals surface area contributed by atoms with E-state index in [4.69, 9.17) is 23.2 Å². The van der Waals surface area contributed by atoms with Crippen molar-refractivity contribution in [2.24, 2.45) is 0 Å². The molecule has 0 saturated heterocycles. The van der Waals surface area contributed by atoms with Gasteiger partial charge < -0.3 is 0 Å². The number of pyridine rings is 1. The molecule has 4 nitrogen and oxygen atoms in total. The molecule has 8 heteroatoms. The van der Waals surface area contributed by atoms with Gasteiger partial charge in [-0.1, -0.05) is 63.4 Å². The van der Waals surface area contributed by atoms with Crippen LogP contribution in [0.25, 0.3) is 16.7 Å². The molecule has 0 fully saturated rings. The van der Waals surface area contributed by atoms with Crippen molar-refractivity contribution in [3.63, 3.8) is 0 Å². The Hall–Kier alpha value is -2.02. The Morgan fingerprint density at radius 3 is 2.20 bits per heavy atom. The van der Waals surface area contributed by atoms with E-state index in [1.807, 2.05) is 12.1 Å². The van der Waals surface area contributed by atoms with Gasteiger partial charge in [0.1, 0.15) is 5.15 Å². The second-order valence-corrected chi connectivity index (χ2v) is 6.53. The van der Waals surface area contributed by atoms with Crippen LogP contribution < -0.4 is 5.69 Å². The maximum absolute atomic E-state index is 13.7. The highest BCUT2D eigenvalue weighted by Crippen LogP contribution is 2.24. The SMILES string of the molecule is O=c1nc(Cl)c2cc(F)c(Cl)nc2n1-c1ccccc(Br)cccc1. The van der Waals surface area contributed by atoms with E-state index < -0.39 is 11.5 Å². The topological polar surface area (TPSA) is 47.8 Å². The molecule has 0 atom stereocenters. The number of fused-ring (bicyclic) bond motifs is 1. The summed E-state index contributed by atoms with van der Waals surface area (Å²) in [7, 11) is 0. The number of halogens is 4. The average Bonchev–Trinajstić information content (AvgIpc) is 2.56. The molecular formula is C17H9BrCl2FN3O. The van der Waals surface area contributed by atoms with Gasteiger partial charge in [-0.05, 0) is 30.3 Å². The third-order valence-electron chi connectivity index (χ3n) is 3.26. The first-order valence-electron chi connectivity index (χ1n) is 7.01. The summed E-state index contributed by atoms with van der Waals surface area (Å²) >= 11 is 15.1. The lowest BCUT2D eigenvalue weighted by Crippen LogP contribution is -2.22. The van der Waals surface area contributed by atoms with E-state index in [-0.39, 0.29) is 21.3 Å². The van der Waals surface area contributed by atoms with Crippen LogP contribution >= 0.6 is 39.1 Å². The summed E-state index contributed by atoms with van der Waals surface area (Å²) in [6.07, 6.45) is 0. The summed E-state index contributed by atoms with van der Waals surface area (Å²) in [5, 5.41) is -0.294. The predicted octanol–water partition coefficient (Wildman–Crippen LogP) is 5.11. The first kappa shape index (κ1) is 17.8. The minimum absolute atomic E-state index is 0.124. The highest BCUT2D eigenvalue weighted by Gasteiger charge is 2.14. The zero-order valence-electron chi connectivity index (χ0n) is 12.5. The van der Waals surface area contributed by atoms with Crippen molar-refractivity contribution in [1.29, 1.82) is 0 Å². The molecule has 1 aromatic carbocycles. The quantitative estimate of drug-likeness (QED) is 0.390. The van der Waals surface area contributed by atoms with Crippen molar-refractivity contribution in [2.45, 2.75) is 0 Å². The number of rotatable bonds is 1. The summed E-state index contributed by atoms with van der Waals surface area (Å²) in [6.45, 7) is 0. The lowest BCUT2D eigenvalue weighted by Gasteiger charge is -2.09. The Balaban J connectivity index is 2.40. The van der Waals surface area contributed by atoms with Crippen molar-refractivity contribution in [1.82, 2.24) is 14.5 Å². The molecular weight excluding hydrogens is 432 g/mol. The van der Waals surface area contributed by atoms with Crippen LogP contribution in [0.3, 0.4) is 0 Å². The fourth-order valence-corrected chi connectivity index (χ4v) is 2.81. The Morgan fingerprint density at radius 1 is 0.960 bits per heavy atom. The normalized spacial score (nSPS) is 10.6. The molecule has 2 heterocycles. The molecule has 25 heavy (non-hydrogen) atoms. The fourth-order valence-electron chi connectivity index (χ4n) is 2.16. The molecule has 0 aliphatic rings. The van der Waals surface area contributed by atoms with Crippen molar-refractivity contribution < 1.29 is 4.39 Å². The molecule has 3 aromatic rings. The van der Waals surface area contributed by atoms with Crippen LogP contribution in [0.1, 0.15) is 0 Å². The van der Waals surface area contributed by atoms with Gasteiger partial charge in [0.2, 0.25) is 0 Å². The van der Waals surface area contributed by atoms with E-state index >= 15 is 0 Å². The van der Waals surface area contributed by atoms with Gasteiger partial charge >= 0.3 is 5.69 Å². The number of aromatic nitrogens is 3. The van der Waals surface area contributed by atoms with Gasteiger partial charge in [-0.15, -0.1) is 0 Å². The molecule has 0 saturated carbocycles. The second-order valence-electron chi connectivity index (χ2n) is 4.90. The van der Waals surface area contributed by atoms with Gasteiger partial charge in [-0.2, -0.15) is 4.98 Å². The average molecular weight is 441 g/mol. The van der Waals surface area contributed by atoms with Gasteiger partial charge in [0.05, 0.1) is 11.1 Å². The molecule has 0 spiro atoms. The molecule has 3 rings (SSSR count). The van der Waals surface area contributed by atoms with E-state index in [0.717, 1.165) is 10.5 Å². The van der Waals surface area contributed by atoms with Crippen molar-refractivity contribution in [2.75, 3.05) is 0 Å². The third kappa shape index (κ3) is 3.81. The third-order valence-corrected chi connectivity index (χ3v) is 4.34. The maximum Gasteiger partial charge on any atom is 0.355 e. The standard InChI is InChI=1S/C17H9BrCl2FN3O/c18-10-5-1-3-7-11(8-4-2-6-10)24-16-12(14(19)23-17(24)25)9-13(21)15(20)22-16/h1-9H. The lowest BCUT2D eigenvalue weighted by molar-refractivity contribution is 0.624. The van der Waals surface area contributed by atoms with Crippen LogP contribution in [0.2, 0.25) is 10.3 Å². The summed E-state index contributed by atoms with van der Waals surface area (Å²) in [6, 6.07) is 15.3. The molecule has 0 unspecified atom stereocenters. The predicted molar refractivity (Wildman–Crippen MR) is 100 cm³/mol. The van der Waals surface area contributed by atoms with Crippen LogP contribution in [-0.4, -0.2) is 14.5 Å². The van der Waals surface area contributed by atoms with Crippen molar-refractivity contribution >= 4 is 50.2 Å². The molecule has 126 valence electrons. The van der Waals surface area contributed by atoms with Gasteiger partial charge in [0, 0.05) is 4.47 Å². The van der Waals surface area contributed by atoms with Crippen molar-refractivity contribution in [3.05, 3.63) is 85.7 Å². The van der Waals surface area contributed by atoms with E-state index in [2.05, 4.69) is 25.9 Å². The minimum atomic E-state index is -0.739. The zero-order chi connectivity index (χ0) is 18.0. The van der Waals surface area contributed by atoms with E-state index in [1.54, 1.807) is 36.4 Å². The van der Waals surface area contributed by atoms with E-state index in [9.17, 15) is 9.18 Å². The molecule has 2 aromatic heterocycles. The van der Waals surface area contributed by atoms with Crippen LogP contribution in [0.5, 0.6) is 0 Å². The van der Waals surface area contributed by atoms with Gasteiger partial charge in [-0.25, -0.2) is 18.7 Å². The molecule has 0 aliphatic carbocycles. The summed E-state index contributed by atoms with van der Waals surface area (Å²) in [5.41, 5.74) is -0.0464. The number of hydrogen-bond donors (Lipinski definition) is 0. The Morgan fingerprint density at radius 2 is 1.56 bits per heavy atom. The van der Waals surface area contributed by atoms with Crippen LogP contribution in [0.4, 0.5) is 4.39 Å². The Kier molecular flexibility index (Phi) is 5.32. The highest BCUT2D eigenvalue weighted by molar-refractivity contribution is 9.10. The number of hydrogen-bond acceptors (Lipinski definition) is 3. The van der Waals surface area contributed by atoms with Gasteiger partial charge in [0.15, 0.2) is 16.6 Å². The van der Waals surface area contributed by atoms with Crippen LogP contribution in [0.15, 0.2) is 63.9 Å². The van der Waals surface area contributed by atoms with Gasteiger partial charge in [0.25, 0.3) is 0 Å². The fraction of sp³-hybridized carbons (Fsp3) is 0. The molecule has 0 aliphatic heterocycles. The summed E-state index contributed by atoms with van der Waals surface area (Å²) in [4.78, 5) is 20.1. The second kappa shape index (κ2) is 7.47.